The van der Waals surface area contributed by atoms with E-state index in [1.54, 1.807) is 44.3 Å². The van der Waals surface area contributed by atoms with Crippen LogP contribution in [0.1, 0.15) is 35.3 Å². The lowest BCUT2D eigenvalue weighted by Gasteiger charge is -2.21. The first-order chi connectivity index (χ1) is 15.8. The van der Waals surface area contributed by atoms with Crippen molar-refractivity contribution in [3.05, 3.63) is 88.6 Å². The lowest BCUT2D eigenvalue weighted by atomic mass is 10.1. The van der Waals surface area contributed by atoms with Gasteiger partial charge in [-0.2, -0.15) is 9.30 Å². The van der Waals surface area contributed by atoms with E-state index in [2.05, 4.69) is 9.98 Å². The number of aliphatic imine (C=N–C) groups is 2. The number of sulfonamides is 1. The summed E-state index contributed by atoms with van der Waals surface area (Å²) in [6.07, 6.45) is 5.28. The fourth-order valence-corrected chi connectivity index (χ4v) is 5.40. The maximum atomic E-state index is 13.1. The van der Waals surface area contributed by atoms with Gasteiger partial charge in [0.15, 0.2) is 5.84 Å². The summed E-state index contributed by atoms with van der Waals surface area (Å²) in [7, 11) is -3.70. The largest absolute Gasteiger partial charge is 0.327 e. The molecule has 1 amide bonds. The summed E-state index contributed by atoms with van der Waals surface area (Å²) in [6.45, 7) is 4.76. The number of amidine groups is 2. The van der Waals surface area contributed by atoms with Crippen LogP contribution in [0.2, 0.25) is 0 Å². The zero-order valence-corrected chi connectivity index (χ0v) is 19.8. The Morgan fingerprint density at radius 3 is 2.64 bits per heavy atom. The standard InChI is InChI=1S/C24H23ClN4O3S/c1-3-29(4-2)33(31,32)20-10-7-9-17(14-20)24(30)27-23-21-11-6-5-8-18(21)15-28-16-19(25)12-13-22(28)26-23/h5-14,16H,3-4,15H2,1-2H3. The summed E-state index contributed by atoms with van der Waals surface area (Å²) in [5, 5.41) is 0.578. The van der Waals surface area contributed by atoms with Crippen molar-refractivity contribution in [3.8, 4) is 0 Å². The van der Waals surface area contributed by atoms with Crippen LogP contribution in [-0.4, -0.2) is 48.3 Å². The molecule has 2 heterocycles. The zero-order chi connectivity index (χ0) is 23.6. The smallest absolute Gasteiger partial charge is 0.279 e. The predicted molar refractivity (Wildman–Crippen MR) is 130 cm³/mol. The van der Waals surface area contributed by atoms with Crippen molar-refractivity contribution in [1.82, 2.24) is 9.21 Å². The van der Waals surface area contributed by atoms with Gasteiger partial charge in [-0.3, -0.25) is 4.79 Å². The molecule has 0 spiro atoms. The van der Waals surface area contributed by atoms with Gasteiger partial charge in [-0.15, -0.1) is 0 Å². The minimum atomic E-state index is -3.70. The maximum Gasteiger partial charge on any atom is 0.279 e. The first-order valence-electron chi connectivity index (χ1n) is 10.6. The van der Waals surface area contributed by atoms with Gasteiger partial charge in [0.2, 0.25) is 10.0 Å². The van der Waals surface area contributed by atoms with Crippen LogP contribution >= 0.6 is 11.6 Å². The molecule has 0 bridgehead atoms. The zero-order valence-electron chi connectivity index (χ0n) is 18.3. The number of benzene rings is 2. The molecular formula is C24H23ClN4O3S. The number of rotatable bonds is 5. The summed E-state index contributed by atoms with van der Waals surface area (Å²) < 4.78 is 27.1. The van der Waals surface area contributed by atoms with Crippen molar-refractivity contribution in [2.75, 3.05) is 13.1 Å². The molecule has 2 aliphatic heterocycles. The van der Waals surface area contributed by atoms with Gasteiger partial charge < -0.3 is 4.90 Å². The van der Waals surface area contributed by atoms with Crippen molar-refractivity contribution in [2.45, 2.75) is 25.3 Å². The fraction of sp³-hybridized carbons (Fsp3) is 0.208. The van der Waals surface area contributed by atoms with Crippen molar-refractivity contribution < 1.29 is 13.2 Å². The van der Waals surface area contributed by atoms with E-state index in [0.717, 1.165) is 11.1 Å². The Balaban J connectivity index is 1.75. The second-order valence-electron chi connectivity index (χ2n) is 7.46. The average Bonchev–Trinajstić information content (AvgIpc) is 2.96. The normalized spacial score (nSPS) is 16.7. The van der Waals surface area contributed by atoms with Gasteiger partial charge in [0.05, 0.1) is 9.93 Å². The molecule has 0 aliphatic carbocycles. The summed E-state index contributed by atoms with van der Waals surface area (Å²) in [4.78, 5) is 24.0. The number of hydrogen-bond acceptors (Lipinski definition) is 4. The molecule has 2 aliphatic rings. The minimum absolute atomic E-state index is 0.0611. The first kappa shape index (κ1) is 23.1. The van der Waals surface area contributed by atoms with Crippen LogP contribution in [0.3, 0.4) is 0 Å². The Kier molecular flexibility index (Phi) is 6.60. The highest BCUT2D eigenvalue weighted by Crippen LogP contribution is 2.24. The van der Waals surface area contributed by atoms with Crippen molar-refractivity contribution in [2.24, 2.45) is 9.98 Å². The number of fused-ring (bicyclic) bond motifs is 2. The molecule has 4 rings (SSSR count). The molecule has 0 atom stereocenters. The highest BCUT2D eigenvalue weighted by molar-refractivity contribution is 7.89. The van der Waals surface area contributed by atoms with Crippen LogP contribution < -0.4 is 0 Å². The van der Waals surface area contributed by atoms with Crippen LogP contribution in [0.25, 0.3) is 0 Å². The van der Waals surface area contributed by atoms with Crippen LogP contribution in [0.5, 0.6) is 0 Å². The number of allylic oxidation sites excluding steroid dienone is 2. The van der Waals surface area contributed by atoms with Gasteiger partial charge >= 0.3 is 0 Å². The van der Waals surface area contributed by atoms with Crippen LogP contribution in [0, 0.1) is 0 Å². The maximum absolute atomic E-state index is 13.1. The van der Waals surface area contributed by atoms with Crippen LogP contribution in [0.4, 0.5) is 0 Å². The topological polar surface area (TPSA) is 82.4 Å². The molecular weight excluding hydrogens is 460 g/mol. The highest BCUT2D eigenvalue weighted by Gasteiger charge is 2.24. The van der Waals surface area contributed by atoms with Crippen LogP contribution in [0.15, 0.2) is 86.8 Å². The monoisotopic (exact) mass is 482 g/mol. The molecule has 9 heteroatoms. The molecule has 0 fully saturated rings. The number of halogens is 1. The van der Waals surface area contributed by atoms with Gasteiger partial charge in [0, 0.05) is 37.0 Å². The molecule has 2 aromatic rings. The molecule has 0 unspecified atom stereocenters. The average molecular weight is 483 g/mol. The molecule has 7 nitrogen and oxygen atoms in total. The van der Waals surface area contributed by atoms with Crippen molar-refractivity contribution in [1.29, 1.82) is 0 Å². The SMILES string of the molecule is CCN(CC)S(=O)(=O)c1cccc(C(=O)N=C2N=C3C=CC(Cl)=CN3Cc3ccccc32)c1. The molecule has 170 valence electrons. The molecule has 2 aromatic carbocycles. The van der Waals surface area contributed by atoms with Gasteiger partial charge in [-0.05, 0) is 35.9 Å². The van der Waals surface area contributed by atoms with Crippen molar-refractivity contribution >= 4 is 39.2 Å². The quantitative estimate of drug-likeness (QED) is 0.640. The summed E-state index contributed by atoms with van der Waals surface area (Å²) in [5.41, 5.74) is 1.85. The van der Waals surface area contributed by atoms with Gasteiger partial charge in [0.25, 0.3) is 5.91 Å². The van der Waals surface area contributed by atoms with Gasteiger partial charge in [-0.1, -0.05) is 55.8 Å². The van der Waals surface area contributed by atoms with Gasteiger partial charge in [0.1, 0.15) is 5.84 Å². The van der Waals surface area contributed by atoms with Crippen LogP contribution in [-0.2, 0) is 16.6 Å². The van der Waals surface area contributed by atoms with E-state index in [1.165, 1.54) is 16.4 Å². The molecule has 0 saturated heterocycles. The number of nitrogens with zero attached hydrogens (tertiary/aromatic N) is 4. The second-order valence-corrected chi connectivity index (χ2v) is 9.83. The Morgan fingerprint density at radius 2 is 1.88 bits per heavy atom. The molecule has 0 aromatic heterocycles. The van der Waals surface area contributed by atoms with E-state index >= 15 is 0 Å². The van der Waals surface area contributed by atoms with E-state index in [9.17, 15) is 13.2 Å². The summed E-state index contributed by atoms with van der Waals surface area (Å²) in [5.74, 6) is 0.309. The lowest BCUT2D eigenvalue weighted by Crippen LogP contribution is -2.30. The third-order valence-corrected chi connectivity index (χ3v) is 7.69. The molecule has 0 N–H and O–H groups in total. The lowest BCUT2D eigenvalue weighted by molar-refractivity contribution is 0.100. The van der Waals surface area contributed by atoms with E-state index in [-0.39, 0.29) is 16.3 Å². The van der Waals surface area contributed by atoms with E-state index < -0.39 is 15.9 Å². The summed E-state index contributed by atoms with van der Waals surface area (Å²) in [6, 6.07) is 13.5. The Morgan fingerprint density at radius 1 is 1.12 bits per heavy atom. The fourth-order valence-electron chi connectivity index (χ4n) is 3.71. The predicted octanol–water partition coefficient (Wildman–Crippen LogP) is 4.17. The number of carbonyl (C=O) groups excluding carboxylic acids is 1. The summed E-state index contributed by atoms with van der Waals surface area (Å²) >= 11 is 6.15. The van der Waals surface area contributed by atoms with E-state index in [1.807, 2.05) is 29.2 Å². The number of hydrogen-bond donors (Lipinski definition) is 0. The first-order valence-corrected chi connectivity index (χ1v) is 12.4. The highest BCUT2D eigenvalue weighted by atomic mass is 35.5. The molecule has 33 heavy (non-hydrogen) atoms. The van der Waals surface area contributed by atoms with E-state index in [0.29, 0.717) is 30.5 Å². The Bertz CT molecular complexity index is 1320. The minimum Gasteiger partial charge on any atom is -0.327 e. The Hall–Kier alpha value is -3.07. The third-order valence-electron chi connectivity index (χ3n) is 5.42. The van der Waals surface area contributed by atoms with Gasteiger partial charge in [-0.25, -0.2) is 13.4 Å². The molecule has 0 radical (unpaired) electrons. The second kappa shape index (κ2) is 9.43. The van der Waals surface area contributed by atoms with Crippen molar-refractivity contribution in [3.63, 3.8) is 0 Å². The third kappa shape index (κ3) is 4.68. The Labute approximate surface area is 198 Å². The molecule has 0 saturated carbocycles. The van der Waals surface area contributed by atoms with E-state index in [4.69, 9.17) is 11.6 Å². The number of carbonyl (C=O) groups is 1. The number of amides is 1.